The number of benzene rings is 2. The second-order valence-corrected chi connectivity index (χ2v) is 5.45. The molecule has 0 aliphatic carbocycles. The van der Waals surface area contributed by atoms with E-state index in [9.17, 15) is 32.9 Å². The fourth-order valence-corrected chi connectivity index (χ4v) is 2.44. The Labute approximate surface area is 148 Å². The SMILES string of the molecule is O=C1N=c2ccccc2=NC1c1cc([N+](=O)[O-])ccc1NC(=O)C(F)(F)F. The highest BCUT2D eigenvalue weighted by atomic mass is 19.4. The first-order valence-electron chi connectivity index (χ1n) is 7.39. The summed E-state index contributed by atoms with van der Waals surface area (Å²) >= 11 is 0. The number of alkyl halides is 3. The van der Waals surface area contributed by atoms with E-state index in [1.54, 1.807) is 17.4 Å². The van der Waals surface area contributed by atoms with Crippen molar-refractivity contribution >= 4 is 23.2 Å². The molecule has 1 N–H and O–H groups in total. The van der Waals surface area contributed by atoms with E-state index >= 15 is 0 Å². The molecule has 0 spiro atoms. The van der Waals surface area contributed by atoms with Gasteiger partial charge in [-0.2, -0.15) is 13.2 Å². The second kappa shape index (κ2) is 6.59. The van der Waals surface area contributed by atoms with Crippen molar-refractivity contribution in [3.8, 4) is 0 Å². The van der Waals surface area contributed by atoms with Crippen molar-refractivity contribution in [2.45, 2.75) is 12.2 Å². The van der Waals surface area contributed by atoms with Crippen molar-refractivity contribution in [1.29, 1.82) is 0 Å². The van der Waals surface area contributed by atoms with Crippen molar-refractivity contribution in [1.82, 2.24) is 0 Å². The zero-order chi connectivity index (χ0) is 19.8. The van der Waals surface area contributed by atoms with E-state index in [2.05, 4.69) is 9.98 Å². The van der Waals surface area contributed by atoms with E-state index in [0.717, 1.165) is 18.2 Å². The lowest BCUT2D eigenvalue weighted by molar-refractivity contribution is -0.384. The Kier molecular flexibility index (Phi) is 4.44. The van der Waals surface area contributed by atoms with Gasteiger partial charge in [0.25, 0.3) is 11.6 Å². The number of carbonyl (C=O) groups is 2. The minimum Gasteiger partial charge on any atom is -0.318 e. The van der Waals surface area contributed by atoms with E-state index in [0.29, 0.717) is 5.36 Å². The first kappa shape index (κ1) is 18.2. The maximum absolute atomic E-state index is 12.6. The first-order chi connectivity index (χ1) is 12.7. The number of hydrogen-bond donors (Lipinski definition) is 1. The smallest absolute Gasteiger partial charge is 0.318 e. The van der Waals surface area contributed by atoms with Crippen molar-refractivity contribution in [3.63, 3.8) is 0 Å². The van der Waals surface area contributed by atoms with Crippen LogP contribution in [0.5, 0.6) is 0 Å². The predicted octanol–water partition coefficient (Wildman–Crippen LogP) is 1.62. The monoisotopic (exact) mass is 378 g/mol. The first-order valence-corrected chi connectivity index (χ1v) is 7.39. The van der Waals surface area contributed by atoms with Crippen LogP contribution < -0.4 is 16.0 Å². The van der Waals surface area contributed by atoms with Gasteiger partial charge in [0.2, 0.25) is 0 Å². The number of para-hydroxylation sites is 2. The third kappa shape index (κ3) is 3.66. The number of nitro benzene ring substituents is 1. The summed E-state index contributed by atoms with van der Waals surface area (Å²) < 4.78 is 37.7. The molecule has 27 heavy (non-hydrogen) atoms. The van der Waals surface area contributed by atoms with Gasteiger partial charge < -0.3 is 5.32 Å². The Balaban J connectivity index is 2.14. The summed E-state index contributed by atoms with van der Waals surface area (Å²) in [6, 6.07) is 7.58. The number of carbonyl (C=O) groups excluding carboxylic acids is 2. The molecule has 0 radical (unpaired) electrons. The molecule has 11 heteroatoms. The molecule has 138 valence electrons. The van der Waals surface area contributed by atoms with Crippen molar-refractivity contribution in [2.24, 2.45) is 9.98 Å². The summed E-state index contributed by atoms with van der Waals surface area (Å²) in [5.41, 5.74) is -1.15. The van der Waals surface area contributed by atoms with Gasteiger partial charge >= 0.3 is 12.1 Å². The number of amides is 2. The molecule has 0 saturated carbocycles. The maximum Gasteiger partial charge on any atom is 0.471 e. The third-order valence-electron chi connectivity index (χ3n) is 3.66. The van der Waals surface area contributed by atoms with Crippen LogP contribution in [-0.2, 0) is 9.59 Å². The Morgan fingerprint density at radius 3 is 2.44 bits per heavy atom. The summed E-state index contributed by atoms with van der Waals surface area (Å²) in [5.74, 6) is -3.10. The second-order valence-electron chi connectivity index (χ2n) is 5.45. The van der Waals surface area contributed by atoms with Gasteiger partial charge in [0.1, 0.15) is 0 Å². The molecule has 2 aromatic rings. The Morgan fingerprint density at radius 2 is 1.81 bits per heavy atom. The standard InChI is InChI=1S/C16H9F3N4O4/c17-16(18,19)15(25)22-10-6-5-8(23(26)27)7-9(10)13-14(24)21-12-4-2-1-3-11(12)20-13/h1-7,13H,(H,22,25). The van der Waals surface area contributed by atoms with Crippen LogP contribution in [0.3, 0.4) is 0 Å². The van der Waals surface area contributed by atoms with E-state index in [4.69, 9.17) is 0 Å². The van der Waals surface area contributed by atoms with Gasteiger partial charge in [-0.15, -0.1) is 0 Å². The average Bonchev–Trinajstić information content (AvgIpc) is 2.60. The summed E-state index contributed by atoms with van der Waals surface area (Å²) in [4.78, 5) is 41.7. The molecular formula is C16H9F3N4O4. The lowest BCUT2D eigenvalue weighted by Gasteiger charge is -2.17. The number of fused-ring (bicyclic) bond motifs is 1. The lowest BCUT2D eigenvalue weighted by atomic mass is 10.0. The van der Waals surface area contributed by atoms with Gasteiger partial charge in [-0.1, -0.05) is 12.1 Å². The summed E-state index contributed by atoms with van der Waals surface area (Å²) in [7, 11) is 0. The minimum atomic E-state index is -5.18. The molecule has 1 unspecified atom stereocenters. The molecule has 2 aromatic carbocycles. The average molecular weight is 378 g/mol. The number of rotatable bonds is 3. The van der Waals surface area contributed by atoms with Crippen LogP contribution in [0, 0.1) is 10.1 Å². The van der Waals surface area contributed by atoms with E-state index < -0.39 is 40.3 Å². The zero-order valence-corrected chi connectivity index (χ0v) is 13.2. The maximum atomic E-state index is 12.6. The topological polar surface area (TPSA) is 114 Å². The van der Waals surface area contributed by atoms with Gasteiger partial charge in [-0.05, 0) is 18.2 Å². The number of non-ortho nitro benzene ring substituents is 1. The fraction of sp³-hybridized carbons (Fsp3) is 0.125. The van der Waals surface area contributed by atoms with Gasteiger partial charge in [0.05, 0.1) is 15.6 Å². The summed E-state index contributed by atoms with van der Waals surface area (Å²) in [5, 5.41) is 13.2. The molecule has 0 fully saturated rings. The summed E-state index contributed by atoms with van der Waals surface area (Å²) in [6.45, 7) is 0. The molecule has 3 rings (SSSR count). The molecule has 2 amide bonds. The summed E-state index contributed by atoms with van der Waals surface area (Å²) in [6.07, 6.45) is -5.18. The van der Waals surface area contributed by atoms with Crippen molar-refractivity contribution < 1.29 is 27.7 Å². The van der Waals surface area contributed by atoms with Gasteiger partial charge in [-0.25, -0.2) is 4.99 Å². The third-order valence-corrected chi connectivity index (χ3v) is 3.66. The fourth-order valence-electron chi connectivity index (χ4n) is 2.44. The molecule has 0 aromatic heterocycles. The largest absolute Gasteiger partial charge is 0.471 e. The Hall–Kier alpha value is -3.63. The molecule has 8 nitrogen and oxygen atoms in total. The normalized spacial score (nSPS) is 16.0. The van der Waals surface area contributed by atoms with Gasteiger partial charge in [-0.3, -0.25) is 24.7 Å². The molecule has 1 heterocycles. The van der Waals surface area contributed by atoms with Crippen LogP contribution in [0.15, 0.2) is 52.4 Å². The lowest BCUT2D eigenvalue weighted by Crippen LogP contribution is -2.34. The van der Waals surface area contributed by atoms with Crippen LogP contribution in [0.4, 0.5) is 24.5 Å². The van der Waals surface area contributed by atoms with E-state index in [1.807, 2.05) is 0 Å². The van der Waals surface area contributed by atoms with E-state index in [-0.39, 0.29) is 10.9 Å². The minimum absolute atomic E-state index is 0.259. The van der Waals surface area contributed by atoms with Crippen molar-refractivity contribution in [3.05, 3.63) is 68.9 Å². The zero-order valence-electron chi connectivity index (χ0n) is 13.2. The Morgan fingerprint density at radius 1 is 1.15 bits per heavy atom. The predicted molar refractivity (Wildman–Crippen MR) is 84.3 cm³/mol. The number of anilines is 1. The van der Waals surface area contributed by atoms with Crippen LogP contribution in [0.2, 0.25) is 0 Å². The van der Waals surface area contributed by atoms with Gasteiger partial charge in [0, 0.05) is 23.4 Å². The molecule has 1 aliphatic heterocycles. The van der Waals surface area contributed by atoms with Crippen molar-refractivity contribution in [2.75, 3.05) is 5.32 Å². The van der Waals surface area contributed by atoms with E-state index in [1.165, 1.54) is 12.1 Å². The van der Waals surface area contributed by atoms with Crippen LogP contribution in [0.1, 0.15) is 11.6 Å². The number of halogens is 3. The number of hydrogen-bond acceptors (Lipinski definition) is 5. The number of nitrogens with one attached hydrogen (secondary N) is 1. The van der Waals surface area contributed by atoms with Crippen LogP contribution >= 0.6 is 0 Å². The quantitative estimate of drug-likeness (QED) is 0.646. The Bertz CT molecular complexity index is 1080. The number of nitrogens with zero attached hydrogens (tertiary/aromatic N) is 3. The molecule has 1 atom stereocenters. The molecule has 0 saturated heterocycles. The molecule has 0 bridgehead atoms. The van der Waals surface area contributed by atoms with Crippen LogP contribution in [0.25, 0.3) is 0 Å². The molecular weight excluding hydrogens is 369 g/mol. The van der Waals surface area contributed by atoms with Crippen LogP contribution in [-0.4, -0.2) is 22.9 Å². The number of nitro groups is 1. The highest BCUT2D eigenvalue weighted by molar-refractivity contribution is 5.97. The van der Waals surface area contributed by atoms with Gasteiger partial charge in [0.15, 0.2) is 6.04 Å². The highest BCUT2D eigenvalue weighted by Crippen LogP contribution is 2.32. The highest BCUT2D eigenvalue weighted by Gasteiger charge is 2.39. The molecule has 1 aliphatic rings.